The predicted molar refractivity (Wildman–Crippen MR) is 128 cm³/mol. The Balaban J connectivity index is 1.51. The van der Waals surface area contributed by atoms with Crippen molar-refractivity contribution in [3.63, 3.8) is 0 Å². The van der Waals surface area contributed by atoms with Gasteiger partial charge in [0.25, 0.3) is 5.91 Å². The summed E-state index contributed by atoms with van der Waals surface area (Å²) < 4.78 is 46.7. The highest BCUT2D eigenvalue weighted by molar-refractivity contribution is 6.06. The van der Waals surface area contributed by atoms with E-state index in [1.807, 2.05) is 30.3 Å². The van der Waals surface area contributed by atoms with Gasteiger partial charge >= 0.3 is 6.18 Å². The molecule has 0 saturated heterocycles. The van der Waals surface area contributed by atoms with E-state index in [2.05, 4.69) is 5.32 Å². The molecule has 0 aromatic heterocycles. The molecule has 3 nitrogen and oxygen atoms in total. The van der Waals surface area contributed by atoms with Crippen LogP contribution in [0.1, 0.15) is 63.4 Å². The average molecular weight is 468 g/mol. The van der Waals surface area contributed by atoms with Crippen molar-refractivity contribution in [1.29, 1.82) is 0 Å². The van der Waals surface area contributed by atoms with Crippen molar-refractivity contribution < 1.29 is 22.7 Å². The molecular weight excluding hydrogens is 439 g/mol. The Bertz CT molecular complexity index is 1150. The lowest BCUT2D eigenvalue weighted by atomic mass is 9.79. The quantitative estimate of drug-likeness (QED) is 0.392. The van der Waals surface area contributed by atoms with Crippen LogP contribution in [0.15, 0.2) is 60.7 Å². The van der Waals surface area contributed by atoms with E-state index in [0.29, 0.717) is 29.0 Å². The highest BCUT2D eigenvalue weighted by atomic mass is 19.4. The largest absolute Gasteiger partial charge is 0.493 e. The number of benzene rings is 3. The fourth-order valence-electron chi connectivity index (χ4n) is 4.39. The summed E-state index contributed by atoms with van der Waals surface area (Å²) in [6.07, 6.45) is -0.809. The number of carbonyl (C=O) groups is 1. The lowest BCUT2D eigenvalue weighted by molar-refractivity contribution is -0.136. The number of nitrogens with one attached hydrogen (secondary N) is 1. The van der Waals surface area contributed by atoms with Gasteiger partial charge in [-0.05, 0) is 79.1 Å². The van der Waals surface area contributed by atoms with Gasteiger partial charge in [0, 0.05) is 12.0 Å². The van der Waals surface area contributed by atoms with Gasteiger partial charge < -0.3 is 10.1 Å². The van der Waals surface area contributed by atoms with Crippen molar-refractivity contribution in [1.82, 2.24) is 0 Å². The van der Waals surface area contributed by atoms with Gasteiger partial charge in [-0.2, -0.15) is 13.2 Å². The number of amides is 1. The van der Waals surface area contributed by atoms with E-state index in [9.17, 15) is 18.0 Å². The molecule has 6 heteroatoms. The maximum absolute atomic E-state index is 13.6. The second kappa shape index (κ2) is 9.92. The van der Waals surface area contributed by atoms with E-state index in [4.69, 9.17) is 4.74 Å². The van der Waals surface area contributed by atoms with Crippen molar-refractivity contribution in [2.45, 2.75) is 51.6 Å². The third-order valence-electron chi connectivity index (χ3n) is 6.41. The monoisotopic (exact) mass is 467 g/mol. The Hall–Kier alpha value is -3.28. The van der Waals surface area contributed by atoms with Gasteiger partial charge in [0.05, 0.1) is 17.9 Å². The molecule has 3 aromatic rings. The van der Waals surface area contributed by atoms with Crippen LogP contribution in [0.2, 0.25) is 0 Å². The Morgan fingerprint density at radius 2 is 1.68 bits per heavy atom. The number of anilines is 1. The first-order valence-corrected chi connectivity index (χ1v) is 11.5. The summed E-state index contributed by atoms with van der Waals surface area (Å²) in [6, 6.07) is 17.6. The van der Waals surface area contributed by atoms with Crippen LogP contribution in [0, 0.1) is 13.8 Å². The zero-order valence-electron chi connectivity index (χ0n) is 19.3. The summed E-state index contributed by atoms with van der Waals surface area (Å²) in [5.74, 6) is 0.335. The van der Waals surface area contributed by atoms with Crippen LogP contribution in [0.25, 0.3) is 0 Å². The first kappa shape index (κ1) is 23.9. The first-order valence-electron chi connectivity index (χ1n) is 11.5. The van der Waals surface area contributed by atoms with Crippen LogP contribution < -0.4 is 10.1 Å². The average Bonchev–Trinajstić information content (AvgIpc) is 2.72. The van der Waals surface area contributed by atoms with Gasteiger partial charge in [0.2, 0.25) is 0 Å². The minimum Gasteiger partial charge on any atom is -0.493 e. The van der Waals surface area contributed by atoms with Gasteiger partial charge in [-0.25, -0.2) is 0 Å². The molecule has 1 fully saturated rings. The Kier molecular flexibility index (Phi) is 6.96. The minimum atomic E-state index is -4.55. The van der Waals surface area contributed by atoms with Crippen molar-refractivity contribution >= 4 is 11.6 Å². The van der Waals surface area contributed by atoms with Gasteiger partial charge in [-0.3, -0.25) is 4.79 Å². The van der Waals surface area contributed by atoms with E-state index in [0.717, 1.165) is 42.9 Å². The number of hydrogen-bond acceptors (Lipinski definition) is 2. The molecule has 1 saturated carbocycles. The molecule has 0 radical (unpaired) electrons. The summed E-state index contributed by atoms with van der Waals surface area (Å²) in [5, 5.41) is 2.54. The maximum Gasteiger partial charge on any atom is 0.418 e. The number of alkyl halides is 3. The molecule has 1 aliphatic rings. The molecule has 1 N–H and O–H groups in total. The third-order valence-corrected chi connectivity index (χ3v) is 6.41. The number of aryl methyl sites for hydroxylation is 2. The summed E-state index contributed by atoms with van der Waals surface area (Å²) in [5.41, 5.74) is 2.63. The number of rotatable bonds is 7. The van der Waals surface area contributed by atoms with Crippen molar-refractivity contribution in [3.05, 3.63) is 94.0 Å². The third kappa shape index (κ3) is 5.44. The van der Waals surface area contributed by atoms with Gasteiger partial charge in [-0.15, -0.1) is 0 Å². The lowest BCUT2D eigenvalue weighted by Crippen LogP contribution is -2.19. The molecule has 4 rings (SSSR count). The van der Waals surface area contributed by atoms with Crippen LogP contribution in [0.3, 0.4) is 0 Å². The summed E-state index contributed by atoms with van der Waals surface area (Å²) in [4.78, 5) is 13.1. The molecule has 178 valence electrons. The molecule has 0 spiro atoms. The van der Waals surface area contributed by atoms with Crippen LogP contribution >= 0.6 is 0 Å². The molecule has 0 unspecified atom stereocenters. The zero-order valence-corrected chi connectivity index (χ0v) is 19.3. The van der Waals surface area contributed by atoms with Crippen molar-refractivity contribution in [3.8, 4) is 5.75 Å². The van der Waals surface area contributed by atoms with E-state index in [1.54, 1.807) is 26.0 Å². The topological polar surface area (TPSA) is 38.3 Å². The van der Waals surface area contributed by atoms with Gasteiger partial charge in [0.15, 0.2) is 0 Å². The summed E-state index contributed by atoms with van der Waals surface area (Å²) >= 11 is 0. The van der Waals surface area contributed by atoms with Crippen LogP contribution in [0.4, 0.5) is 18.9 Å². The maximum atomic E-state index is 13.6. The molecule has 0 aliphatic heterocycles. The highest BCUT2D eigenvalue weighted by Gasteiger charge is 2.35. The first-order chi connectivity index (χ1) is 16.2. The fraction of sp³-hybridized carbons (Fsp3) is 0.321. The van der Waals surface area contributed by atoms with E-state index in [1.165, 1.54) is 12.1 Å². The second-order valence-electron chi connectivity index (χ2n) is 8.90. The smallest absolute Gasteiger partial charge is 0.418 e. The van der Waals surface area contributed by atoms with Gasteiger partial charge in [-0.1, -0.05) is 42.8 Å². The van der Waals surface area contributed by atoms with Crippen LogP contribution in [0.5, 0.6) is 5.75 Å². The summed E-state index contributed by atoms with van der Waals surface area (Å²) in [7, 11) is 0. The predicted octanol–water partition coefficient (Wildman–Crippen LogP) is 7.46. The molecule has 0 atom stereocenters. The summed E-state index contributed by atoms with van der Waals surface area (Å²) in [6.45, 7) is 4.01. The Labute approximate surface area is 198 Å². The molecule has 34 heavy (non-hydrogen) atoms. The normalized spacial score (nSPS) is 13.9. The lowest BCUT2D eigenvalue weighted by Gasteiger charge is -2.27. The molecule has 1 amide bonds. The molecule has 1 aliphatic carbocycles. The molecular formula is C28H28F3NO2. The highest BCUT2D eigenvalue weighted by Crippen LogP contribution is 2.41. The van der Waals surface area contributed by atoms with E-state index >= 15 is 0 Å². The zero-order chi connectivity index (χ0) is 24.3. The van der Waals surface area contributed by atoms with E-state index < -0.39 is 17.6 Å². The number of hydrogen-bond donors (Lipinski definition) is 1. The minimum absolute atomic E-state index is 0.191. The van der Waals surface area contributed by atoms with Crippen LogP contribution in [-0.2, 0) is 12.6 Å². The number of halogens is 3. The van der Waals surface area contributed by atoms with E-state index in [-0.39, 0.29) is 11.6 Å². The fourth-order valence-corrected chi connectivity index (χ4v) is 4.39. The van der Waals surface area contributed by atoms with Crippen molar-refractivity contribution in [2.24, 2.45) is 0 Å². The number of ether oxygens (including phenoxy) is 1. The molecule has 3 aromatic carbocycles. The molecule has 0 bridgehead atoms. The Morgan fingerprint density at radius 1 is 1.00 bits per heavy atom. The number of carbonyl (C=O) groups excluding carboxylic acids is 1. The Morgan fingerprint density at radius 3 is 2.26 bits per heavy atom. The van der Waals surface area contributed by atoms with Crippen LogP contribution in [-0.4, -0.2) is 12.5 Å². The SMILES string of the molecule is Cc1cc(OCCc2ccccc2)cc(C)c1C(=O)Nc1cc(C2CCC2)ccc1C(F)(F)F. The molecule has 0 heterocycles. The van der Waals surface area contributed by atoms with Crippen molar-refractivity contribution in [2.75, 3.05) is 11.9 Å². The van der Waals surface area contributed by atoms with Gasteiger partial charge in [0.1, 0.15) is 5.75 Å². The second-order valence-corrected chi connectivity index (χ2v) is 8.90. The standard InChI is InChI=1S/C28H28F3NO2/c1-18-15-23(34-14-13-20-7-4-3-5-8-20)16-19(2)26(18)27(33)32-25-17-22(21-9-6-10-21)11-12-24(25)28(29,30)31/h3-5,7-8,11-12,15-17,21H,6,9-10,13-14H2,1-2H3,(H,32,33).